The van der Waals surface area contributed by atoms with Crippen molar-refractivity contribution >= 4 is 6.09 Å². The quantitative estimate of drug-likeness (QED) is 0.818. The fourth-order valence-electron chi connectivity index (χ4n) is 2.78. The molecule has 0 fully saturated rings. The number of hydrogen-bond acceptors (Lipinski definition) is 4. The molecule has 2 rings (SSSR count). The molecule has 138 valence electrons. The summed E-state index contributed by atoms with van der Waals surface area (Å²) in [5.41, 5.74) is 2.41. The molecule has 1 aromatic carbocycles. The van der Waals surface area contributed by atoms with E-state index in [1.54, 1.807) is 0 Å². The Morgan fingerprint density at radius 2 is 1.84 bits per heavy atom. The van der Waals surface area contributed by atoms with Crippen molar-refractivity contribution in [2.24, 2.45) is 0 Å². The van der Waals surface area contributed by atoms with Crippen LogP contribution in [0.5, 0.6) is 0 Å². The van der Waals surface area contributed by atoms with E-state index in [2.05, 4.69) is 23.3 Å². The van der Waals surface area contributed by atoms with Crippen LogP contribution in [-0.2, 0) is 4.74 Å². The van der Waals surface area contributed by atoms with Gasteiger partial charge >= 0.3 is 6.09 Å². The van der Waals surface area contributed by atoms with Crippen LogP contribution in [0.4, 0.5) is 4.79 Å². The molecule has 0 saturated carbocycles. The lowest BCUT2D eigenvalue weighted by Gasteiger charge is -2.25. The number of aliphatic hydroxyl groups is 1. The maximum Gasteiger partial charge on any atom is 0.408 e. The number of alkyl carbamates (subject to hydrolysis) is 1. The Labute approximate surface area is 150 Å². The summed E-state index contributed by atoms with van der Waals surface area (Å²) in [5.74, 6) is 0. The van der Waals surface area contributed by atoms with E-state index in [-0.39, 0.29) is 6.04 Å². The normalized spacial score (nSPS) is 18.2. The minimum absolute atomic E-state index is 0.163. The van der Waals surface area contributed by atoms with E-state index in [4.69, 9.17) is 4.74 Å². The maximum atomic E-state index is 11.9. The highest BCUT2D eigenvalue weighted by atomic mass is 16.6. The molecule has 25 heavy (non-hydrogen) atoms. The molecule has 0 spiro atoms. The molecule has 2 N–H and O–H groups in total. The monoisotopic (exact) mass is 346 g/mol. The van der Waals surface area contributed by atoms with Crippen LogP contribution in [0.2, 0.25) is 0 Å². The average Bonchev–Trinajstić information content (AvgIpc) is 2.53. The van der Waals surface area contributed by atoms with E-state index in [0.717, 1.165) is 36.2 Å². The largest absolute Gasteiger partial charge is 0.444 e. The molecular formula is C20H30N2O3. The second-order valence-corrected chi connectivity index (χ2v) is 7.73. The predicted molar refractivity (Wildman–Crippen MR) is 99.4 cm³/mol. The number of benzene rings is 1. The van der Waals surface area contributed by atoms with E-state index in [9.17, 15) is 9.90 Å². The van der Waals surface area contributed by atoms with Crippen LogP contribution in [0.3, 0.4) is 0 Å². The Hall–Kier alpha value is -1.85. The summed E-state index contributed by atoms with van der Waals surface area (Å²) in [5, 5.41) is 13.4. The Bertz CT molecular complexity index is 617. The number of ether oxygens (including phenoxy) is 1. The van der Waals surface area contributed by atoms with Gasteiger partial charge in [0.15, 0.2) is 0 Å². The van der Waals surface area contributed by atoms with Gasteiger partial charge in [-0.15, -0.1) is 0 Å². The molecule has 2 atom stereocenters. The maximum absolute atomic E-state index is 11.9. The molecule has 1 heterocycles. The van der Waals surface area contributed by atoms with Crippen molar-refractivity contribution < 1.29 is 14.6 Å². The summed E-state index contributed by atoms with van der Waals surface area (Å²) >= 11 is 0. The molecule has 1 aliphatic rings. The van der Waals surface area contributed by atoms with Gasteiger partial charge in [-0.05, 0) is 57.9 Å². The third-order valence-electron chi connectivity index (χ3n) is 4.28. The van der Waals surface area contributed by atoms with Gasteiger partial charge in [0.1, 0.15) is 11.7 Å². The number of carbonyl (C=O) groups excluding carboxylic acids is 1. The molecule has 0 aliphatic carbocycles. The number of nitrogens with zero attached hydrogens (tertiary/aromatic N) is 1. The van der Waals surface area contributed by atoms with Gasteiger partial charge in [0, 0.05) is 13.1 Å². The standard InChI is InChI=1S/C20H30N2O3/c1-14(21-19(24)25-20(2,3)4)15-6-8-16(9-7-15)18(23)17-10-12-22(5)13-11-17/h6-10,14,18,23H,11-13H2,1-5H3,(H,21,24)/t14-,18?/m0/s1. The first-order chi connectivity index (χ1) is 11.7. The second kappa shape index (κ2) is 8.02. The van der Waals surface area contributed by atoms with Crippen molar-refractivity contribution in [3.05, 3.63) is 47.0 Å². The van der Waals surface area contributed by atoms with E-state index in [1.165, 1.54) is 0 Å². The number of amides is 1. The summed E-state index contributed by atoms with van der Waals surface area (Å²) < 4.78 is 5.28. The summed E-state index contributed by atoms with van der Waals surface area (Å²) in [6.45, 7) is 9.27. The summed E-state index contributed by atoms with van der Waals surface area (Å²) in [4.78, 5) is 14.1. The van der Waals surface area contributed by atoms with Gasteiger partial charge in [-0.2, -0.15) is 0 Å². The first kappa shape index (κ1) is 19.5. The van der Waals surface area contributed by atoms with Crippen molar-refractivity contribution in [2.75, 3.05) is 20.1 Å². The van der Waals surface area contributed by atoms with Crippen molar-refractivity contribution in [1.29, 1.82) is 0 Å². The highest BCUT2D eigenvalue weighted by molar-refractivity contribution is 5.68. The van der Waals surface area contributed by atoms with E-state index in [1.807, 2.05) is 52.0 Å². The van der Waals surface area contributed by atoms with Crippen molar-refractivity contribution in [3.8, 4) is 0 Å². The second-order valence-electron chi connectivity index (χ2n) is 7.73. The minimum atomic E-state index is -0.558. The fourth-order valence-corrected chi connectivity index (χ4v) is 2.78. The van der Waals surface area contributed by atoms with Gasteiger partial charge in [-0.25, -0.2) is 4.79 Å². The van der Waals surface area contributed by atoms with Gasteiger partial charge < -0.3 is 20.1 Å². The Morgan fingerprint density at radius 3 is 2.36 bits per heavy atom. The number of aliphatic hydroxyl groups excluding tert-OH is 1. The minimum Gasteiger partial charge on any atom is -0.444 e. The molecule has 1 amide bonds. The zero-order valence-corrected chi connectivity index (χ0v) is 15.9. The zero-order chi connectivity index (χ0) is 18.6. The SMILES string of the molecule is C[C@H](NC(=O)OC(C)(C)C)c1ccc(C(O)C2=CCN(C)CC2)cc1. The third kappa shape index (κ3) is 5.87. The van der Waals surface area contributed by atoms with Crippen LogP contribution in [0.25, 0.3) is 0 Å². The van der Waals surface area contributed by atoms with Crippen LogP contribution in [-0.4, -0.2) is 41.8 Å². The van der Waals surface area contributed by atoms with E-state index < -0.39 is 17.8 Å². The first-order valence-corrected chi connectivity index (χ1v) is 8.80. The lowest BCUT2D eigenvalue weighted by Crippen LogP contribution is -2.34. The van der Waals surface area contributed by atoms with Crippen molar-refractivity contribution in [3.63, 3.8) is 0 Å². The van der Waals surface area contributed by atoms with Gasteiger partial charge in [0.2, 0.25) is 0 Å². The topological polar surface area (TPSA) is 61.8 Å². The van der Waals surface area contributed by atoms with Gasteiger partial charge in [0.25, 0.3) is 0 Å². The fraction of sp³-hybridized carbons (Fsp3) is 0.550. The number of carbonyl (C=O) groups is 1. The predicted octanol–water partition coefficient (Wildman–Crippen LogP) is 3.57. The highest BCUT2D eigenvalue weighted by Crippen LogP contribution is 2.27. The van der Waals surface area contributed by atoms with Crippen LogP contribution < -0.4 is 5.32 Å². The van der Waals surface area contributed by atoms with Gasteiger partial charge in [-0.3, -0.25) is 0 Å². The van der Waals surface area contributed by atoms with Crippen molar-refractivity contribution in [1.82, 2.24) is 10.2 Å². The summed E-state index contributed by atoms with van der Waals surface area (Å²) in [6, 6.07) is 7.56. The Kier molecular flexibility index (Phi) is 6.25. The first-order valence-electron chi connectivity index (χ1n) is 8.80. The molecule has 0 radical (unpaired) electrons. The number of likely N-dealkylation sites (N-methyl/N-ethyl adjacent to an activating group) is 1. The smallest absolute Gasteiger partial charge is 0.408 e. The van der Waals surface area contributed by atoms with Crippen LogP contribution in [0, 0.1) is 0 Å². The molecule has 1 aromatic rings. The zero-order valence-electron chi connectivity index (χ0n) is 15.9. The number of rotatable bonds is 4. The Balaban J connectivity index is 1.98. The summed E-state index contributed by atoms with van der Waals surface area (Å²) in [7, 11) is 2.08. The molecule has 0 aromatic heterocycles. The van der Waals surface area contributed by atoms with E-state index >= 15 is 0 Å². The van der Waals surface area contributed by atoms with E-state index in [0.29, 0.717) is 0 Å². The lowest BCUT2D eigenvalue weighted by molar-refractivity contribution is 0.0508. The molecule has 5 heteroatoms. The number of nitrogens with one attached hydrogen (secondary N) is 1. The molecule has 0 saturated heterocycles. The van der Waals surface area contributed by atoms with Crippen LogP contribution >= 0.6 is 0 Å². The highest BCUT2D eigenvalue weighted by Gasteiger charge is 2.20. The number of hydrogen-bond donors (Lipinski definition) is 2. The van der Waals surface area contributed by atoms with Gasteiger partial charge in [0.05, 0.1) is 6.04 Å². The molecule has 5 nitrogen and oxygen atoms in total. The molecule has 0 bridgehead atoms. The van der Waals surface area contributed by atoms with Gasteiger partial charge in [-0.1, -0.05) is 30.3 Å². The summed E-state index contributed by atoms with van der Waals surface area (Å²) in [6.07, 6.45) is 2.00. The van der Waals surface area contributed by atoms with Crippen LogP contribution in [0.1, 0.15) is 57.4 Å². The molecular weight excluding hydrogens is 316 g/mol. The third-order valence-corrected chi connectivity index (χ3v) is 4.28. The molecule has 1 aliphatic heterocycles. The Morgan fingerprint density at radius 1 is 1.24 bits per heavy atom. The average molecular weight is 346 g/mol. The van der Waals surface area contributed by atoms with Crippen LogP contribution in [0.15, 0.2) is 35.9 Å². The lowest BCUT2D eigenvalue weighted by atomic mass is 9.95. The molecule has 1 unspecified atom stereocenters. The van der Waals surface area contributed by atoms with Crippen molar-refractivity contribution in [2.45, 2.75) is 51.9 Å².